The molecule has 1 heterocycles. The number of aromatic nitrogens is 2. The smallest absolute Gasteiger partial charge is 0.203 e. The zero-order valence-corrected chi connectivity index (χ0v) is 10.0. The lowest BCUT2D eigenvalue weighted by Gasteiger charge is -2.07. The summed E-state index contributed by atoms with van der Waals surface area (Å²) in [7, 11) is 0. The summed E-state index contributed by atoms with van der Waals surface area (Å²) >= 11 is 1.85. The molecule has 80 valence electrons. The second kappa shape index (κ2) is 5.96. The third-order valence-corrected chi connectivity index (χ3v) is 2.56. The van der Waals surface area contributed by atoms with Crippen molar-refractivity contribution in [3.8, 4) is 0 Å². The predicted octanol–water partition coefficient (Wildman–Crippen LogP) is 2.38. The molecule has 0 aliphatic rings. The molecule has 0 aliphatic carbocycles. The number of imidazole rings is 1. The Kier molecular flexibility index (Phi) is 4.87. The summed E-state index contributed by atoms with van der Waals surface area (Å²) in [4.78, 5) is 4.44. The first-order valence-corrected chi connectivity index (χ1v) is 6.44. The van der Waals surface area contributed by atoms with Crippen LogP contribution >= 0.6 is 11.8 Å². The van der Waals surface area contributed by atoms with Crippen molar-refractivity contribution in [3.63, 3.8) is 0 Å². The molecule has 0 aliphatic heterocycles. The summed E-state index contributed by atoms with van der Waals surface area (Å²) in [6, 6.07) is 0. The van der Waals surface area contributed by atoms with Crippen LogP contribution in [0, 0.1) is 6.92 Å². The van der Waals surface area contributed by atoms with E-state index >= 15 is 0 Å². The third-order valence-electron chi connectivity index (χ3n) is 1.95. The maximum absolute atomic E-state index is 4.44. The summed E-state index contributed by atoms with van der Waals surface area (Å²) < 4.78 is 2.19. The molecule has 0 saturated heterocycles. The number of hydrogen-bond donors (Lipinski definition) is 1. The van der Waals surface area contributed by atoms with E-state index in [4.69, 9.17) is 0 Å². The summed E-state index contributed by atoms with van der Waals surface area (Å²) in [5, 5.41) is 3.35. The quantitative estimate of drug-likeness (QED) is 0.736. The van der Waals surface area contributed by atoms with Gasteiger partial charge in [0, 0.05) is 25.0 Å². The van der Waals surface area contributed by atoms with Gasteiger partial charge in [-0.25, -0.2) is 4.98 Å². The molecule has 1 aromatic rings. The van der Waals surface area contributed by atoms with Crippen LogP contribution in [-0.4, -0.2) is 28.1 Å². The van der Waals surface area contributed by atoms with E-state index in [0.717, 1.165) is 36.9 Å². The Morgan fingerprint density at radius 3 is 3.00 bits per heavy atom. The highest BCUT2D eigenvalue weighted by atomic mass is 32.2. The zero-order chi connectivity index (χ0) is 10.4. The van der Waals surface area contributed by atoms with E-state index in [9.17, 15) is 0 Å². The van der Waals surface area contributed by atoms with Crippen molar-refractivity contribution in [1.82, 2.24) is 9.55 Å². The van der Waals surface area contributed by atoms with Crippen molar-refractivity contribution < 1.29 is 0 Å². The van der Waals surface area contributed by atoms with E-state index in [0.29, 0.717) is 0 Å². The van der Waals surface area contributed by atoms with Crippen LogP contribution in [-0.2, 0) is 6.54 Å². The molecule has 3 nitrogen and oxygen atoms in total. The number of hydrogen-bond acceptors (Lipinski definition) is 3. The fraction of sp³-hybridized carbons (Fsp3) is 0.700. The SMILES string of the molecule is CCCn1cc(C)nc1NCCSC. The molecule has 0 radical (unpaired) electrons. The van der Waals surface area contributed by atoms with Crippen LogP contribution in [0.15, 0.2) is 6.20 Å². The lowest BCUT2D eigenvalue weighted by atomic mass is 10.5. The van der Waals surface area contributed by atoms with Crippen LogP contribution in [0.4, 0.5) is 5.95 Å². The second-order valence-electron chi connectivity index (χ2n) is 3.32. The van der Waals surface area contributed by atoms with Gasteiger partial charge in [0.05, 0.1) is 5.69 Å². The summed E-state index contributed by atoms with van der Waals surface area (Å²) in [5.74, 6) is 2.14. The van der Waals surface area contributed by atoms with Gasteiger partial charge in [-0.15, -0.1) is 0 Å². The summed E-state index contributed by atoms with van der Waals surface area (Å²) in [5.41, 5.74) is 1.09. The van der Waals surface area contributed by atoms with Crippen molar-refractivity contribution in [2.24, 2.45) is 0 Å². The fourth-order valence-corrected chi connectivity index (χ4v) is 1.67. The third kappa shape index (κ3) is 3.25. The molecule has 0 saturated carbocycles. The molecule has 1 aromatic heterocycles. The lowest BCUT2D eigenvalue weighted by molar-refractivity contribution is 0.683. The Balaban J connectivity index is 2.54. The molecule has 14 heavy (non-hydrogen) atoms. The van der Waals surface area contributed by atoms with Gasteiger partial charge in [0.2, 0.25) is 5.95 Å². The molecule has 4 heteroatoms. The van der Waals surface area contributed by atoms with Crippen molar-refractivity contribution in [2.75, 3.05) is 23.9 Å². The highest BCUT2D eigenvalue weighted by Crippen LogP contribution is 2.09. The molecule has 0 fully saturated rings. The molecule has 1 rings (SSSR count). The minimum atomic E-state index is 0.987. The van der Waals surface area contributed by atoms with Gasteiger partial charge in [-0.1, -0.05) is 6.92 Å². The van der Waals surface area contributed by atoms with E-state index in [1.54, 1.807) is 0 Å². The minimum absolute atomic E-state index is 0.987. The molecule has 0 amide bonds. The largest absolute Gasteiger partial charge is 0.355 e. The number of nitrogens with one attached hydrogen (secondary N) is 1. The van der Waals surface area contributed by atoms with Crippen LogP contribution in [0.25, 0.3) is 0 Å². The van der Waals surface area contributed by atoms with Crippen molar-refractivity contribution in [3.05, 3.63) is 11.9 Å². The Morgan fingerprint density at radius 1 is 1.57 bits per heavy atom. The average molecular weight is 213 g/mol. The fourth-order valence-electron chi connectivity index (χ4n) is 1.36. The maximum atomic E-state index is 4.44. The van der Waals surface area contributed by atoms with Crippen molar-refractivity contribution in [2.45, 2.75) is 26.8 Å². The van der Waals surface area contributed by atoms with Gasteiger partial charge in [-0.05, 0) is 19.6 Å². The van der Waals surface area contributed by atoms with E-state index in [2.05, 4.69) is 34.2 Å². The van der Waals surface area contributed by atoms with Crippen molar-refractivity contribution >= 4 is 17.7 Å². The molecule has 0 atom stereocenters. The van der Waals surface area contributed by atoms with E-state index in [-0.39, 0.29) is 0 Å². The number of anilines is 1. The van der Waals surface area contributed by atoms with Crippen molar-refractivity contribution in [1.29, 1.82) is 0 Å². The first-order valence-electron chi connectivity index (χ1n) is 5.04. The Morgan fingerprint density at radius 2 is 2.36 bits per heavy atom. The number of nitrogens with zero attached hydrogens (tertiary/aromatic N) is 2. The topological polar surface area (TPSA) is 29.9 Å². The summed E-state index contributed by atoms with van der Waals surface area (Å²) in [6.07, 6.45) is 5.36. The molecule has 0 aromatic carbocycles. The van der Waals surface area contributed by atoms with Gasteiger partial charge in [-0.3, -0.25) is 0 Å². The summed E-state index contributed by atoms with van der Waals surface area (Å²) in [6.45, 7) is 6.25. The van der Waals surface area contributed by atoms with Gasteiger partial charge in [0.15, 0.2) is 0 Å². The van der Waals surface area contributed by atoms with E-state index < -0.39 is 0 Å². The van der Waals surface area contributed by atoms with Gasteiger partial charge >= 0.3 is 0 Å². The predicted molar refractivity (Wildman–Crippen MR) is 64.1 cm³/mol. The standard InChI is InChI=1S/C10H19N3S/c1-4-6-13-8-9(2)12-10(13)11-5-7-14-3/h8H,4-7H2,1-3H3,(H,11,12). The maximum Gasteiger partial charge on any atom is 0.203 e. The Labute approximate surface area is 90.3 Å². The van der Waals surface area contributed by atoms with Crippen LogP contribution < -0.4 is 5.32 Å². The number of rotatable bonds is 6. The molecular formula is C10H19N3S. The van der Waals surface area contributed by atoms with Crippen LogP contribution in [0.1, 0.15) is 19.0 Å². The zero-order valence-electron chi connectivity index (χ0n) is 9.21. The number of thioether (sulfide) groups is 1. The first-order chi connectivity index (χ1) is 6.77. The Bertz CT molecular complexity index is 270. The van der Waals surface area contributed by atoms with Crippen LogP contribution in [0.2, 0.25) is 0 Å². The van der Waals surface area contributed by atoms with Gasteiger partial charge in [-0.2, -0.15) is 11.8 Å². The Hall–Kier alpha value is -0.640. The van der Waals surface area contributed by atoms with Crippen LogP contribution in [0.5, 0.6) is 0 Å². The highest BCUT2D eigenvalue weighted by molar-refractivity contribution is 7.98. The molecular weight excluding hydrogens is 194 g/mol. The normalized spacial score (nSPS) is 10.5. The molecule has 1 N–H and O–H groups in total. The van der Waals surface area contributed by atoms with Gasteiger partial charge < -0.3 is 9.88 Å². The molecule has 0 unspecified atom stereocenters. The first kappa shape index (κ1) is 11.4. The molecule has 0 spiro atoms. The minimum Gasteiger partial charge on any atom is -0.355 e. The average Bonchev–Trinajstić information content (AvgIpc) is 2.48. The monoisotopic (exact) mass is 213 g/mol. The van der Waals surface area contributed by atoms with Crippen LogP contribution in [0.3, 0.4) is 0 Å². The second-order valence-corrected chi connectivity index (χ2v) is 4.30. The van der Waals surface area contributed by atoms with Gasteiger partial charge in [0.25, 0.3) is 0 Å². The van der Waals surface area contributed by atoms with E-state index in [1.165, 1.54) is 0 Å². The highest BCUT2D eigenvalue weighted by Gasteiger charge is 2.02. The number of aryl methyl sites for hydroxylation is 2. The van der Waals surface area contributed by atoms with E-state index in [1.807, 2.05) is 18.7 Å². The molecule has 0 bridgehead atoms. The van der Waals surface area contributed by atoms with Gasteiger partial charge in [0.1, 0.15) is 0 Å². The lowest BCUT2D eigenvalue weighted by Crippen LogP contribution is -2.09.